The second-order valence-corrected chi connectivity index (χ2v) is 9.70. The van der Waals surface area contributed by atoms with Crippen molar-refractivity contribution in [2.45, 2.75) is 30.3 Å². The van der Waals surface area contributed by atoms with Crippen molar-refractivity contribution < 1.29 is 12.8 Å². The van der Waals surface area contributed by atoms with Crippen LogP contribution in [0, 0.1) is 19.7 Å². The Labute approximate surface area is 189 Å². The minimum Gasteiger partial charge on any atom is -0.365 e. The Kier molecular flexibility index (Phi) is 5.05. The highest BCUT2D eigenvalue weighted by Gasteiger charge is 2.27. The number of aryl methyl sites for hydroxylation is 2. The summed E-state index contributed by atoms with van der Waals surface area (Å²) in [7, 11) is -3.95. The number of nitrogens with one attached hydrogen (secondary N) is 1. The zero-order valence-corrected chi connectivity index (χ0v) is 18.8. The molecular weight excluding hydrogens is 441 g/mol. The van der Waals surface area contributed by atoms with Crippen molar-refractivity contribution in [1.82, 2.24) is 19.8 Å². The first-order valence-electron chi connectivity index (χ1n) is 10.3. The molecule has 3 aromatic carbocycles. The second kappa shape index (κ2) is 7.93. The van der Waals surface area contributed by atoms with E-state index in [0.717, 1.165) is 22.1 Å². The van der Waals surface area contributed by atoms with E-state index in [1.807, 2.05) is 38.1 Å². The molecule has 0 aliphatic carbocycles. The molecule has 0 saturated carbocycles. The van der Waals surface area contributed by atoms with E-state index in [4.69, 9.17) is 0 Å². The smallest absolute Gasteiger partial charge is 0.229 e. The van der Waals surface area contributed by atoms with Gasteiger partial charge in [-0.05, 0) is 66.9 Å². The summed E-state index contributed by atoms with van der Waals surface area (Å²) in [5.41, 5.74) is 3.52. The number of benzene rings is 3. The molecule has 1 N–H and O–H groups in total. The van der Waals surface area contributed by atoms with Gasteiger partial charge in [-0.2, -0.15) is 4.52 Å². The number of nitrogens with zero attached hydrogens (tertiary/aromatic N) is 4. The van der Waals surface area contributed by atoms with E-state index >= 15 is 0 Å². The molecule has 0 atom stereocenters. The first-order valence-corrected chi connectivity index (χ1v) is 11.8. The summed E-state index contributed by atoms with van der Waals surface area (Å²) in [6.07, 6.45) is 0. The summed E-state index contributed by atoms with van der Waals surface area (Å²) < 4.78 is 41.5. The molecule has 5 aromatic rings. The van der Waals surface area contributed by atoms with Crippen LogP contribution in [0.1, 0.15) is 16.7 Å². The van der Waals surface area contributed by atoms with Gasteiger partial charge in [0.05, 0.1) is 10.4 Å². The third kappa shape index (κ3) is 3.70. The molecule has 0 radical (unpaired) electrons. The highest BCUT2D eigenvalue weighted by molar-refractivity contribution is 7.91. The van der Waals surface area contributed by atoms with E-state index in [1.54, 1.807) is 30.3 Å². The summed E-state index contributed by atoms with van der Waals surface area (Å²) in [5, 5.41) is 11.9. The Hall–Kier alpha value is -3.85. The van der Waals surface area contributed by atoms with Crippen molar-refractivity contribution in [3.05, 3.63) is 89.2 Å². The minimum atomic E-state index is -3.95. The topological polar surface area (TPSA) is 89.2 Å². The van der Waals surface area contributed by atoms with Gasteiger partial charge in [-0.25, -0.2) is 17.8 Å². The van der Waals surface area contributed by atoms with E-state index in [1.165, 1.54) is 16.6 Å². The van der Waals surface area contributed by atoms with E-state index in [0.29, 0.717) is 17.9 Å². The molecule has 2 aromatic heterocycles. The molecule has 0 spiro atoms. The quantitative estimate of drug-likeness (QED) is 0.415. The van der Waals surface area contributed by atoms with Gasteiger partial charge in [0.1, 0.15) is 11.6 Å². The molecule has 0 unspecified atom stereocenters. The normalized spacial score (nSPS) is 11.8. The van der Waals surface area contributed by atoms with E-state index < -0.39 is 9.84 Å². The van der Waals surface area contributed by atoms with Crippen molar-refractivity contribution in [3.8, 4) is 0 Å². The predicted octanol–water partition coefficient (Wildman–Crippen LogP) is 4.48. The third-order valence-corrected chi connectivity index (χ3v) is 7.29. The van der Waals surface area contributed by atoms with Gasteiger partial charge >= 0.3 is 0 Å². The molecular formula is C24H20FN5O2S. The lowest BCUT2D eigenvalue weighted by Crippen LogP contribution is -2.07. The molecule has 2 heterocycles. The average molecular weight is 462 g/mol. The number of halogens is 1. The molecule has 166 valence electrons. The van der Waals surface area contributed by atoms with Crippen LogP contribution in [0.15, 0.2) is 76.7 Å². The van der Waals surface area contributed by atoms with Crippen molar-refractivity contribution in [1.29, 1.82) is 0 Å². The maximum atomic E-state index is 13.4. The second-order valence-electron chi connectivity index (χ2n) is 7.84. The molecule has 0 aliphatic heterocycles. The molecule has 0 fully saturated rings. The molecule has 9 heteroatoms. The van der Waals surface area contributed by atoms with Gasteiger partial charge in [-0.1, -0.05) is 35.5 Å². The fraction of sp³-hybridized carbons (Fsp3) is 0.125. The summed E-state index contributed by atoms with van der Waals surface area (Å²) in [6, 6.07) is 18.5. The monoisotopic (exact) mass is 461 g/mol. The Morgan fingerprint density at radius 3 is 2.48 bits per heavy atom. The third-order valence-electron chi connectivity index (χ3n) is 5.64. The number of hydrogen-bond donors (Lipinski definition) is 1. The van der Waals surface area contributed by atoms with Gasteiger partial charge in [0, 0.05) is 11.9 Å². The van der Waals surface area contributed by atoms with Crippen LogP contribution < -0.4 is 5.32 Å². The zero-order valence-electron chi connectivity index (χ0n) is 17.9. The first kappa shape index (κ1) is 21.0. The molecule has 0 amide bonds. The maximum absolute atomic E-state index is 13.4. The highest BCUT2D eigenvalue weighted by atomic mass is 32.2. The van der Waals surface area contributed by atoms with Crippen molar-refractivity contribution in [3.63, 3.8) is 0 Å². The fourth-order valence-corrected chi connectivity index (χ4v) is 4.95. The van der Waals surface area contributed by atoms with Gasteiger partial charge in [-0.3, -0.25) is 0 Å². The Morgan fingerprint density at radius 1 is 0.970 bits per heavy atom. The average Bonchev–Trinajstić information content (AvgIpc) is 3.25. The van der Waals surface area contributed by atoms with Crippen LogP contribution in [0.5, 0.6) is 0 Å². The SMILES string of the molecule is Cc1ccc(S(=O)(=O)c2nnn3c2nc(NCc2ccc(F)cc2)c2ccccc23)cc1C. The van der Waals surface area contributed by atoms with Crippen LogP contribution in [0.25, 0.3) is 16.6 Å². The number of para-hydroxylation sites is 1. The lowest BCUT2D eigenvalue weighted by Gasteiger charge is -2.11. The molecule has 7 nitrogen and oxygen atoms in total. The van der Waals surface area contributed by atoms with Crippen LogP contribution in [-0.4, -0.2) is 28.2 Å². The Balaban J connectivity index is 1.64. The number of aromatic nitrogens is 4. The van der Waals surface area contributed by atoms with Gasteiger partial charge in [-0.15, -0.1) is 5.10 Å². The predicted molar refractivity (Wildman–Crippen MR) is 123 cm³/mol. The van der Waals surface area contributed by atoms with Gasteiger partial charge < -0.3 is 5.32 Å². The summed E-state index contributed by atoms with van der Waals surface area (Å²) >= 11 is 0. The van der Waals surface area contributed by atoms with Gasteiger partial charge in [0.2, 0.25) is 14.9 Å². The minimum absolute atomic E-state index is 0.133. The lowest BCUT2D eigenvalue weighted by molar-refractivity contribution is 0.592. The van der Waals surface area contributed by atoms with Crippen LogP contribution in [-0.2, 0) is 16.4 Å². The van der Waals surface area contributed by atoms with Crippen molar-refractivity contribution in [2.24, 2.45) is 0 Å². The van der Waals surface area contributed by atoms with Crippen LogP contribution in [0.4, 0.5) is 10.2 Å². The number of rotatable bonds is 5. The van der Waals surface area contributed by atoms with Crippen LogP contribution >= 0.6 is 0 Å². The maximum Gasteiger partial charge on any atom is 0.229 e. The van der Waals surface area contributed by atoms with Gasteiger partial charge in [0.25, 0.3) is 0 Å². The highest BCUT2D eigenvalue weighted by Crippen LogP contribution is 2.29. The van der Waals surface area contributed by atoms with E-state index in [9.17, 15) is 12.8 Å². The fourth-order valence-electron chi connectivity index (χ4n) is 3.63. The number of fused-ring (bicyclic) bond motifs is 3. The summed E-state index contributed by atoms with van der Waals surface area (Å²) in [4.78, 5) is 4.74. The standard InChI is InChI=1S/C24H20FN5O2S/c1-15-7-12-19(13-16(15)2)33(31,32)24-23-27-22(26-14-17-8-10-18(25)11-9-17)20-5-3-4-6-21(20)30(23)29-28-24/h3-13H,14H2,1-2H3,(H,26,27). The lowest BCUT2D eigenvalue weighted by atomic mass is 10.1. The van der Waals surface area contributed by atoms with Crippen LogP contribution in [0.2, 0.25) is 0 Å². The van der Waals surface area contributed by atoms with E-state index in [2.05, 4.69) is 20.6 Å². The first-order chi connectivity index (χ1) is 15.8. The molecule has 5 rings (SSSR count). The molecule has 33 heavy (non-hydrogen) atoms. The van der Waals surface area contributed by atoms with Crippen molar-refractivity contribution in [2.75, 3.05) is 5.32 Å². The van der Waals surface area contributed by atoms with Crippen LogP contribution in [0.3, 0.4) is 0 Å². The number of anilines is 1. The Bertz CT molecular complexity index is 1610. The summed E-state index contributed by atoms with van der Waals surface area (Å²) in [5.74, 6) is 0.177. The Morgan fingerprint density at radius 2 is 1.73 bits per heavy atom. The molecule has 0 bridgehead atoms. The molecule has 0 saturated heterocycles. The zero-order chi connectivity index (χ0) is 23.2. The van der Waals surface area contributed by atoms with Gasteiger partial charge in [0.15, 0.2) is 5.65 Å². The largest absolute Gasteiger partial charge is 0.365 e. The molecule has 0 aliphatic rings. The number of sulfone groups is 1. The summed E-state index contributed by atoms with van der Waals surface area (Å²) in [6.45, 7) is 4.17. The van der Waals surface area contributed by atoms with Crippen molar-refractivity contribution >= 4 is 32.2 Å². The van der Waals surface area contributed by atoms with E-state index in [-0.39, 0.29) is 21.4 Å². The number of hydrogen-bond acceptors (Lipinski definition) is 6.